The summed E-state index contributed by atoms with van der Waals surface area (Å²) in [5.74, 6) is -1.04. The van der Waals surface area contributed by atoms with Gasteiger partial charge in [0, 0.05) is 18.3 Å². The maximum Gasteiger partial charge on any atom is 0.324 e. The van der Waals surface area contributed by atoms with Crippen LogP contribution in [0.4, 0.5) is 0 Å². The van der Waals surface area contributed by atoms with Crippen LogP contribution in [0.15, 0.2) is 25.2 Å². The number of nitrogens with one attached hydrogen (secondary N) is 1. The molecular formula is C9H13N3O2. The van der Waals surface area contributed by atoms with Crippen LogP contribution in [0.25, 0.3) is 0 Å². The predicted molar refractivity (Wildman–Crippen MR) is 51.7 cm³/mol. The van der Waals surface area contributed by atoms with Crippen LogP contribution in [0.5, 0.6) is 0 Å². The van der Waals surface area contributed by atoms with Crippen molar-refractivity contribution in [2.24, 2.45) is 5.73 Å². The molecule has 0 saturated carbocycles. The fraction of sp³-hybridized carbons (Fsp3) is 0.333. The summed E-state index contributed by atoms with van der Waals surface area (Å²) in [6.45, 7) is 3.49. The Kier molecular flexibility index (Phi) is 3.03. The van der Waals surface area contributed by atoms with E-state index >= 15 is 0 Å². The van der Waals surface area contributed by atoms with Gasteiger partial charge in [0.05, 0.1) is 6.33 Å². The number of aromatic amines is 1. The van der Waals surface area contributed by atoms with Gasteiger partial charge in [-0.05, 0) is 6.42 Å². The number of rotatable bonds is 5. The Balaban J connectivity index is 2.79. The minimum absolute atomic E-state index is 0.217. The van der Waals surface area contributed by atoms with Crippen molar-refractivity contribution < 1.29 is 9.90 Å². The molecule has 0 aliphatic rings. The van der Waals surface area contributed by atoms with Gasteiger partial charge in [-0.2, -0.15) is 0 Å². The van der Waals surface area contributed by atoms with E-state index in [-0.39, 0.29) is 12.8 Å². The quantitative estimate of drug-likeness (QED) is 0.589. The average Bonchev–Trinajstić information content (AvgIpc) is 2.56. The van der Waals surface area contributed by atoms with E-state index in [0.29, 0.717) is 5.69 Å². The first-order chi connectivity index (χ1) is 6.58. The van der Waals surface area contributed by atoms with Crippen molar-refractivity contribution in [2.75, 3.05) is 0 Å². The molecular weight excluding hydrogens is 182 g/mol. The fourth-order valence-electron chi connectivity index (χ4n) is 1.21. The second-order valence-corrected chi connectivity index (χ2v) is 3.21. The smallest absolute Gasteiger partial charge is 0.324 e. The van der Waals surface area contributed by atoms with E-state index in [1.165, 1.54) is 12.4 Å². The summed E-state index contributed by atoms with van der Waals surface area (Å²) in [5, 5.41) is 8.96. The van der Waals surface area contributed by atoms with Gasteiger partial charge in [0.25, 0.3) is 0 Å². The average molecular weight is 195 g/mol. The highest BCUT2D eigenvalue weighted by Gasteiger charge is 2.33. The lowest BCUT2D eigenvalue weighted by molar-refractivity contribution is -0.143. The predicted octanol–water partition coefficient (Wildman–Crippen LogP) is 0.310. The Bertz CT molecular complexity index is 321. The molecule has 0 fully saturated rings. The van der Waals surface area contributed by atoms with Gasteiger partial charge in [-0.3, -0.25) is 4.79 Å². The Morgan fingerprint density at radius 3 is 3.00 bits per heavy atom. The first-order valence-electron chi connectivity index (χ1n) is 4.19. The van der Waals surface area contributed by atoms with E-state index in [9.17, 15) is 4.79 Å². The summed E-state index contributed by atoms with van der Waals surface area (Å²) in [7, 11) is 0. The lowest BCUT2D eigenvalue weighted by atomic mass is 9.91. The first kappa shape index (κ1) is 10.5. The van der Waals surface area contributed by atoms with Crippen molar-refractivity contribution in [2.45, 2.75) is 18.4 Å². The third kappa shape index (κ3) is 2.20. The monoisotopic (exact) mass is 195 g/mol. The number of carboxylic acids is 1. The Hall–Kier alpha value is -1.62. The molecule has 1 atom stereocenters. The molecule has 4 N–H and O–H groups in total. The van der Waals surface area contributed by atoms with Crippen molar-refractivity contribution in [3.63, 3.8) is 0 Å². The molecule has 5 heteroatoms. The van der Waals surface area contributed by atoms with Crippen molar-refractivity contribution in [1.29, 1.82) is 0 Å². The molecule has 0 aliphatic carbocycles. The van der Waals surface area contributed by atoms with Crippen molar-refractivity contribution in [3.8, 4) is 0 Å². The second-order valence-electron chi connectivity index (χ2n) is 3.21. The standard InChI is InChI=1S/C9H13N3O2/c1-2-3-9(10,8(13)14)4-7-5-11-6-12-7/h2,5-6H,1,3-4,10H2,(H,11,12)(H,13,14)/t9-/m0/s1. The lowest BCUT2D eigenvalue weighted by Crippen LogP contribution is -2.49. The first-order valence-corrected chi connectivity index (χ1v) is 4.19. The summed E-state index contributed by atoms with van der Waals surface area (Å²) in [4.78, 5) is 17.5. The van der Waals surface area contributed by atoms with Crippen molar-refractivity contribution in [1.82, 2.24) is 9.97 Å². The molecule has 0 radical (unpaired) electrons. The number of aromatic nitrogens is 2. The fourth-order valence-corrected chi connectivity index (χ4v) is 1.21. The number of aliphatic carboxylic acids is 1. The van der Waals surface area contributed by atoms with Gasteiger partial charge in [-0.25, -0.2) is 4.98 Å². The molecule has 0 unspecified atom stereocenters. The van der Waals surface area contributed by atoms with Gasteiger partial charge in [-0.1, -0.05) is 6.08 Å². The van der Waals surface area contributed by atoms with Crippen LogP contribution in [-0.2, 0) is 11.2 Å². The molecule has 14 heavy (non-hydrogen) atoms. The number of nitrogens with two attached hydrogens (primary N) is 1. The molecule has 1 aromatic rings. The van der Waals surface area contributed by atoms with Crippen LogP contribution < -0.4 is 5.73 Å². The topological polar surface area (TPSA) is 92.0 Å². The van der Waals surface area contributed by atoms with E-state index in [1.807, 2.05) is 0 Å². The summed E-state index contributed by atoms with van der Waals surface area (Å²) < 4.78 is 0. The van der Waals surface area contributed by atoms with Gasteiger partial charge in [0.15, 0.2) is 0 Å². The van der Waals surface area contributed by atoms with E-state index in [1.54, 1.807) is 6.20 Å². The van der Waals surface area contributed by atoms with Crippen LogP contribution in [0.2, 0.25) is 0 Å². The number of carboxylic acid groups (broad SMARTS) is 1. The molecule has 0 spiro atoms. The van der Waals surface area contributed by atoms with E-state index in [4.69, 9.17) is 10.8 Å². The van der Waals surface area contributed by atoms with Crippen LogP contribution in [-0.4, -0.2) is 26.6 Å². The Labute approximate surface area is 81.7 Å². The largest absolute Gasteiger partial charge is 0.480 e. The molecule has 0 saturated heterocycles. The maximum atomic E-state index is 10.9. The Morgan fingerprint density at radius 1 is 1.86 bits per heavy atom. The lowest BCUT2D eigenvalue weighted by Gasteiger charge is -2.22. The molecule has 5 nitrogen and oxygen atoms in total. The number of hydrogen-bond acceptors (Lipinski definition) is 3. The zero-order valence-electron chi connectivity index (χ0n) is 7.73. The van der Waals surface area contributed by atoms with Crippen LogP contribution in [0.1, 0.15) is 12.1 Å². The molecule has 0 bridgehead atoms. The van der Waals surface area contributed by atoms with Gasteiger partial charge in [-0.15, -0.1) is 6.58 Å². The third-order valence-corrected chi connectivity index (χ3v) is 2.00. The van der Waals surface area contributed by atoms with E-state index < -0.39 is 11.5 Å². The SMILES string of the molecule is C=CC[C@](N)(Cc1cnc[nH]1)C(=O)O. The number of hydrogen-bond donors (Lipinski definition) is 3. The highest BCUT2D eigenvalue weighted by molar-refractivity contribution is 5.79. The summed E-state index contributed by atoms with van der Waals surface area (Å²) >= 11 is 0. The zero-order valence-corrected chi connectivity index (χ0v) is 7.73. The summed E-state index contributed by atoms with van der Waals surface area (Å²) in [6, 6.07) is 0. The van der Waals surface area contributed by atoms with E-state index in [0.717, 1.165) is 0 Å². The molecule has 0 aromatic carbocycles. The molecule has 1 aromatic heterocycles. The van der Waals surface area contributed by atoms with Gasteiger partial charge >= 0.3 is 5.97 Å². The number of imidazole rings is 1. The second kappa shape index (κ2) is 4.06. The minimum atomic E-state index is -1.30. The van der Waals surface area contributed by atoms with Crippen molar-refractivity contribution in [3.05, 3.63) is 30.9 Å². The van der Waals surface area contributed by atoms with Crippen LogP contribution in [0.3, 0.4) is 0 Å². The van der Waals surface area contributed by atoms with Gasteiger partial charge < -0.3 is 15.8 Å². The highest BCUT2D eigenvalue weighted by atomic mass is 16.4. The number of nitrogens with zero attached hydrogens (tertiary/aromatic N) is 1. The van der Waals surface area contributed by atoms with Gasteiger partial charge in [0.1, 0.15) is 5.54 Å². The maximum absolute atomic E-state index is 10.9. The van der Waals surface area contributed by atoms with Crippen molar-refractivity contribution >= 4 is 5.97 Å². The summed E-state index contributed by atoms with van der Waals surface area (Å²) in [6.07, 6.45) is 5.00. The highest BCUT2D eigenvalue weighted by Crippen LogP contribution is 2.14. The summed E-state index contributed by atoms with van der Waals surface area (Å²) in [5.41, 5.74) is 5.13. The number of H-pyrrole nitrogens is 1. The normalized spacial score (nSPS) is 14.6. The van der Waals surface area contributed by atoms with Gasteiger partial charge in [0.2, 0.25) is 0 Å². The van der Waals surface area contributed by atoms with Crippen LogP contribution in [0, 0.1) is 0 Å². The molecule has 0 aliphatic heterocycles. The molecule has 1 heterocycles. The zero-order chi connectivity index (χ0) is 10.6. The molecule has 0 amide bonds. The minimum Gasteiger partial charge on any atom is -0.480 e. The molecule has 1 rings (SSSR count). The molecule has 76 valence electrons. The Morgan fingerprint density at radius 2 is 2.57 bits per heavy atom. The third-order valence-electron chi connectivity index (χ3n) is 2.00. The number of carbonyl (C=O) groups is 1. The van der Waals surface area contributed by atoms with Crippen LogP contribution >= 0.6 is 0 Å². The van der Waals surface area contributed by atoms with E-state index in [2.05, 4.69) is 16.5 Å².